The van der Waals surface area contributed by atoms with Gasteiger partial charge in [0, 0.05) is 44.4 Å². The van der Waals surface area contributed by atoms with Crippen molar-refractivity contribution in [2.45, 2.75) is 51.2 Å². The number of aliphatic hydroxyl groups is 1. The summed E-state index contributed by atoms with van der Waals surface area (Å²) in [7, 11) is 1.73. The van der Waals surface area contributed by atoms with E-state index < -0.39 is 23.4 Å². The number of aryl methyl sites for hydroxylation is 1. The maximum atomic E-state index is 13.9. The predicted octanol–water partition coefficient (Wildman–Crippen LogP) is 3.14. The minimum atomic E-state index is -1.17. The Hall–Kier alpha value is -2.94. The van der Waals surface area contributed by atoms with Gasteiger partial charge in [-0.3, -0.25) is 9.48 Å². The van der Waals surface area contributed by atoms with Gasteiger partial charge in [0.05, 0.1) is 17.4 Å². The largest absolute Gasteiger partial charge is 0.444 e. The summed E-state index contributed by atoms with van der Waals surface area (Å²) >= 11 is 0. The zero-order valence-electron chi connectivity index (χ0n) is 19.0. The summed E-state index contributed by atoms with van der Waals surface area (Å²) in [5.74, 6) is -1.05. The Morgan fingerprint density at radius 2 is 2.06 bits per heavy atom. The number of amides is 2. The van der Waals surface area contributed by atoms with Crippen molar-refractivity contribution in [2.75, 3.05) is 19.6 Å². The van der Waals surface area contributed by atoms with Gasteiger partial charge in [-0.1, -0.05) is 18.2 Å². The quantitative estimate of drug-likeness (QED) is 0.736. The van der Waals surface area contributed by atoms with Gasteiger partial charge in [-0.15, -0.1) is 0 Å². The molecular formula is C23H31FN4O4. The predicted molar refractivity (Wildman–Crippen MR) is 117 cm³/mol. The van der Waals surface area contributed by atoms with Crippen molar-refractivity contribution >= 4 is 12.0 Å². The van der Waals surface area contributed by atoms with Crippen LogP contribution in [0.2, 0.25) is 0 Å². The third kappa shape index (κ3) is 5.85. The molecule has 0 aliphatic carbocycles. The molecule has 1 saturated heterocycles. The monoisotopic (exact) mass is 446 g/mol. The van der Waals surface area contributed by atoms with Crippen molar-refractivity contribution in [1.82, 2.24) is 20.0 Å². The van der Waals surface area contributed by atoms with Crippen LogP contribution in [0.4, 0.5) is 9.18 Å². The van der Waals surface area contributed by atoms with E-state index in [0.29, 0.717) is 24.3 Å². The van der Waals surface area contributed by atoms with Gasteiger partial charge in [-0.2, -0.15) is 5.10 Å². The van der Waals surface area contributed by atoms with Crippen LogP contribution in [-0.4, -0.2) is 57.0 Å². The molecule has 2 atom stereocenters. The van der Waals surface area contributed by atoms with Gasteiger partial charge in [0.2, 0.25) is 0 Å². The summed E-state index contributed by atoms with van der Waals surface area (Å²) in [5, 5.41) is 17.4. The highest BCUT2D eigenvalue weighted by molar-refractivity contribution is 5.95. The lowest BCUT2D eigenvalue weighted by Crippen LogP contribution is -2.42. The summed E-state index contributed by atoms with van der Waals surface area (Å²) in [6.45, 7) is 6.33. The van der Waals surface area contributed by atoms with E-state index in [9.17, 15) is 19.1 Å². The molecule has 2 amide bonds. The zero-order chi connectivity index (χ0) is 23.5. The molecule has 2 N–H and O–H groups in total. The highest BCUT2D eigenvalue weighted by Crippen LogP contribution is 2.29. The van der Waals surface area contributed by atoms with Crippen molar-refractivity contribution in [3.8, 4) is 0 Å². The molecule has 1 aromatic heterocycles. The van der Waals surface area contributed by atoms with Crippen molar-refractivity contribution in [3.63, 3.8) is 0 Å². The Morgan fingerprint density at radius 1 is 1.34 bits per heavy atom. The first-order valence-corrected chi connectivity index (χ1v) is 10.8. The molecule has 3 rings (SSSR count). The Morgan fingerprint density at radius 3 is 2.75 bits per heavy atom. The second-order valence-electron chi connectivity index (χ2n) is 9.11. The van der Waals surface area contributed by atoms with Gasteiger partial charge in [0.1, 0.15) is 11.4 Å². The summed E-state index contributed by atoms with van der Waals surface area (Å²) in [6.07, 6.45) is 1.63. The highest BCUT2D eigenvalue weighted by atomic mass is 19.1. The number of halogens is 1. The number of hydrogen-bond acceptors (Lipinski definition) is 5. The van der Waals surface area contributed by atoms with Crippen LogP contribution in [0.25, 0.3) is 0 Å². The second kappa shape index (κ2) is 9.68. The van der Waals surface area contributed by atoms with Gasteiger partial charge in [0.25, 0.3) is 5.91 Å². The number of aliphatic hydroxyl groups excluding tert-OH is 1. The molecule has 9 heteroatoms. The summed E-state index contributed by atoms with van der Waals surface area (Å²) in [5.41, 5.74) is 0.515. The first-order chi connectivity index (χ1) is 15.0. The van der Waals surface area contributed by atoms with Crippen LogP contribution in [0.1, 0.15) is 67.3 Å². The van der Waals surface area contributed by atoms with Crippen LogP contribution in [0.5, 0.6) is 0 Å². The number of aromatic nitrogens is 2. The summed E-state index contributed by atoms with van der Waals surface area (Å²) in [6, 6.07) is 5.91. The SMILES string of the molecule is Cn1cc(C(=O)NC[C@H](O)c2ccccc2F)c([C@H]2CCCN(C(=O)OC(C)(C)C)C2)n1. The van der Waals surface area contributed by atoms with Crippen molar-refractivity contribution in [2.24, 2.45) is 7.05 Å². The summed E-state index contributed by atoms with van der Waals surface area (Å²) in [4.78, 5) is 27.0. The molecular weight excluding hydrogens is 415 g/mol. The number of hydrogen-bond donors (Lipinski definition) is 2. The fourth-order valence-corrected chi connectivity index (χ4v) is 3.81. The van der Waals surface area contributed by atoms with Crippen LogP contribution >= 0.6 is 0 Å². The van der Waals surface area contributed by atoms with Crippen LogP contribution in [0, 0.1) is 5.82 Å². The average molecular weight is 447 g/mol. The van der Waals surface area contributed by atoms with Gasteiger partial charge in [-0.05, 0) is 39.7 Å². The smallest absolute Gasteiger partial charge is 0.410 e. The maximum Gasteiger partial charge on any atom is 0.410 e. The molecule has 174 valence electrons. The number of likely N-dealkylation sites (tertiary alicyclic amines) is 1. The number of carbonyl (C=O) groups is 2. The van der Waals surface area contributed by atoms with E-state index in [-0.39, 0.29) is 24.1 Å². The minimum Gasteiger partial charge on any atom is -0.444 e. The van der Waals surface area contributed by atoms with E-state index in [1.54, 1.807) is 28.9 Å². The van der Waals surface area contributed by atoms with E-state index in [2.05, 4.69) is 10.4 Å². The number of ether oxygens (including phenoxy) is 1. The van der Waals surface area contributed by atoms with Crippen LogP contribution in [0.15, 0.2) is 30.5 Å². The fraction of sp³-hybridized carbons (Fsp3) is 0.522. The van der Waals surface area contributed by atoms with Crippen LogP contribution in [-0.2, 0) is 11.8 Å². The lowest BCUT2D eigenvalue weighted by atomic mass is 9.92. The number of piperidine rings is 1. The van der Waals surface area contributed by atoms with Gasteiger partial charge >= 0.3 is 6.09 Å². The number of nitrogens with zero attached hydrogens (tertiary/aromatic N) is 3. The first-order valence-electron chi connectivity index (χ1n) is 10.8. The molecule has 0 unspecified atom stereocenters. The number of rotatable bonds is 5. The molecule has 2 aromatic rings. The minimum absolute atomic E-state index is 0.116. The molecule has 0 spiro atoms. The number of nitrogens with one attached hydrogen (secondary N) is 1. The third-order valence-electron chi connectivity index (χ3n) is 5.28. The second-order valence-corrected chi connectivity index (χ2v) is 9.11. The van der Waals surface area contributed by atoms with E-state index in [1.165, 1.54) is 18.2 Å². The molecule has 32 heavy (non-hydrogen) atoms. The topological polar surface area (TPSA) is 96.7 Å². The normalized spacial score (nSPS) is 17.7. The Kier molecular flexibility index (Phi) is 7.18. The summed E-state index contributed by atoms with van der Waals surface area (Å²) < 4.78 is 20.9. The molecule has 1 aromatic carbocycles. The Bertz CT molecular complexity index is 969. The molecule has 0 radical (unpaired) electrons. The van der Waals surface area contributed by atoms with Gasteiger partial charge < -0.3 is 20.1 Å². The fourth-order valence-electron chi connectivity index (χ4n) is 3.81. The molecule has 2 heterocycles. The van der Waals surface area contributed by atoms with E-state index >= 15 is 0 Å². The van der Waals surface area contributed by atoms with Gasteiger partial charge in [0.15, 0.2) is 0 Å². The molecule has 0 bridgehead atoms. The zero-order valence-corrected chi connectivity index (χ0v) is 19.0. The molecule has 0 saturated carbocycles. The van der Waals surface area contributed by atoms with Crippen LogP contribution < -0.4 is 5.32 Å². The molecule has 1 aliphatic heterocycles. The number of benzene rings is 1. The van der Waals surface area contributed by atoms with Crippen molar-refractivity contribution in [3.05, 3.63) is 53.1 Å². The Labute approximate surface area is 187 Å². The van der Waals surface area contributed by atoms with E-state index in [4.69, 9.17) is 4.74 Å². The van der Waals surface area contributed by atoms with Crippen molar-refractivity contribution in [1.29, 1.82) is 0 Å². The van der Waals surface area contributed by atoms with Crippen molar-refractivity contribution < 1.29 is 23.8 Å². The standard InChI is InChI=1S/C23H31FN4O4/c1-23(2,3)32-22(31)28-11-7-8-15(13-28)20-17(14-27(4)26-20)21(30)25-12-19(29)16-9-5-6-10-18(16)24/h5-6,9-10,14-15,19,29H,7-8,11-13H2,1-4H3,(H,25,30)/t15-,19-/m0/s1. The number of carbonyl (C=O) groups excluding carboxylic acids is 2. The molecule has 1 fully saturated rings. The van der Waals surface area contributed by atoms with Crippen LogP contribution in [0.3, 0.4) is 0 Å². The maximum absolute atomic E-state index is 13.9. The lowest BCUT2D eigenvalue weighted by molar-refractivity contribution is 0.0197. The third-order valence-corrected chi connectivity index (χ3v) is 5.28. The van der Waals surface area contributed by atoms with Gasteiger partial charge in [-0.25, -0.2) is 9.18 Å². The lowest BCUT2D eigenvalue weighted by Gasteiger charge is -2.33. The highest BCUT2D eigenvalue weighted by Gasteiger charge is 2.32. The molecule has 8 nitrogen and oxygen atoms in total. The first kappa shape index (κ1) is 23.7. The van der Waals surface area contributed by atoms with E-state index in [0.717, 1.165) is 12.8 Å². The Balaban J connectivity index is 1.69. The molecule has 1 aliphatic rings. The average Bonchev–Trinajstić information content (AvgIpc) is 3.13. The van der Waals surface area contributed by atoms with E-state index in [1.807, 2.05) is 20.8 Å².